The Morgan fingerprint density at radius 3 is 1.79 bits per heavy atom. The van der Waals surface area contributed by atoms with Gasteiger partial charge in [0.25, 0.3) is 0 Å². The lowest BCUT2D eigenvalue weighted by Gasteiger charge is -2.35. The van der Waals surface area contributed by atoms with Crippen molar-refractivity contribution in [2.24, 2.45) is 25.8 Å². The van der Waals surface area contributed by atoms with Gasteiger partial charge in [0.15, 0.2) is 23.3 Å². The first-order chi connectivity index (χ1) is 57.1. The third-order valence-electron chi connectivity index (χ3n) is 24.3. The molecular weight excluding hydrogens is 1680 g/mol. The van der Waals surface area contributed by atoms with Crippen molar-refractivity contribution in [3.63, 3.8) is 0 Å². The molecule has 11 heterocycles. The van der Waals surface area contributed by atoms with Gasteiger partial charge in [0.05, 0.1) is 76.7 Å². The second kappa shape index (κ2) is 41.1. The molecule has 121 heavy (non-hydrogen) atoms. The van der Waals surface area contributed by atoms with Gasteiger partial charge in [0.2, 0.25) is 29.1 Å². The number of aliphatic imine (C=N–C) groups is 3. The number of aryl methyl sites for hydroxylation is 2. The number of aromatic nitrogens is 2. The second-order valence-electron chi connectivity index (χ2n) is 35.7. The van der Waals surface area contributed by atoms with Crippen molar-refractivity contribution in [2.75, 3.05) is 60.4 Å². The normalized spacial score (nSPS) is 21.2. The number of amides is 4. The summed E-state index contributed by atoms with van der Waals surface area (Å²) >= 11 is 14.5. The number of nitrogens with one attached hydrogen (secondary N) is 2. The Morgan fingerprint density at radius 1 is 0.587 bits per heavy atom. The highest BCUT2D eigenvalue weighted by Gasteiger charge is 2.54. The molecule has 9 aliphatic heterocycles. The molecule has 2 aromatic heterocycles. The van der Waals surface area contributed by atoms with E-state index < -0.39 is 17.9 Å². The minimum absolute atomic E-state index is 0. The quantitative estimate of drug-likeness (QED) is 0.0117. The smallest absolute Gasteiger partial charge is 0.327 e. The van der Waals surface area contributed by atoms with Crippen LogP contribution in [0.3, 0.4) is 0 Å². The highest BCUT2D eigenvalue weighted by atomic mass is 127. The molecule has 5 N–H and O–H groups in total. The van der Waals surface area contributed by atoms with E-state index in [0.29, 0.717) is 44.9 Å². The van der Waals surface area contributed by atoms with E-state index in [2.05, 4.69) is 270 Å². The molecule has 4 aromatic rings. The molecule has 642 valence electrons. The third kappa shape index (κ3) is 22.9. The molecule has 1 unspecified atom stereocenters. The Morgan fingerprint density at radius 2 is 1.16 bits per heavy atom. The van der Waals surface area contributed by atoms with Crippen LogP contribution in [0.25, 0.3) is 17.0 Å². The topological polar surface area (TPSA) is 259 Å². The first-order valence-electron chi connectivity index (χ1n) is 42.7. The van der Waals surface area contributed by atoms with E-state index in [1.165, 1.54) is 69.4 Å². The van der Waals surface area contributed by atoms with Gasteiger partial charge in [0, 0.05) is 140 Å². The summed E-state index contributed by atoms with van der Waals surface area (Å²) in [5, 5.41) is 34.2. The standard InChI is InChI=1S/C48H56ClN4O2.C41H52ClN5O4.2C4H5NO2.HI/c1-7-8-13-28-52-29-15-18-37-39(52)25-23-38-46(37)50-41(47(38,2)3)26-21-34-31-51(6)32-35(45(34)49)22-27-42-48(4,5)44-36-17-12-11-16-33(36)20-24-40(44)53(42)30-14-9-10-19-43(54)55;1-40(2)31-15-13-25-45(23-11-7-9-17-35(48)49)38(31)43-33(40)21-19-29-27-47(5,6)28-30(37(29)42)20-22-34-41(3,4)32-16-14-26-46(39(32)44-34)24-12-8-10-18-36(50)51;2*6-3-1-2-4(7)5-3;/h11-12,15-18,20-27,29,44H,7-10,13-14,19,28,30-32H2,1-6H3;13-16,19-22,25-26H,7-12,17-18,23-24,27-28H2,1-6H3;2*1-2H2,(H,5,6,7);1H/q+1;;;;/p+2/b26-21+,35-22+,42-27+;;;;. The number of carbonyl (C=O) groups excluding carboxylic acids is 4. The van der Waals surface area contributed by atoms with E-state index in [-0.39, 0.29) is 94.4 Å². The fraction of sp³-hybridized carbons (Fsp3) is 0.454. The number of hydrogen-bond donors (Lipinski definition) is 5. The first-order valence-corrected chi connectivity index (χ1v) is 43.5. The van der Waals surface area contributed by atoms with Crippen LogP contribution in [0.4, 0.5) is 11.5 Å². The number of fused-ring (bicyclic) bond motifs is 8. The summed E-state index contributed by atoms with van der Waals surface area (Å²) in [7, 11) is 6.61. The van der Waals surface area contributed by atoms with Crippen LogP contribution >= 0.6 is 23.2 Å². The molecule has 21 nitrogen and oxygen atoms in total. The largest absolute Gasteiger partial charge is 1.00 e. The molecule has 1 aliphatic carbocycles. The molecule has 0 bridgehead atoms. The Balaban J connectivity index is 0.000000217. The summed E-state index contributed by atoms with van der Waals surface area (Å²) < 4.78 is 7.83. The molecule has 4 amide bonds. The lowest BCUT2D eigenvalue weighted by atomic mass is 9.70. The van der Waals surface area contributed by atoms with Crippen molar-refractivity contribution in [1.29, 1.82) is 0 Å². The van der Waals surface area contributed by atoms with Gasteiger partial charge >= 0.3 is 23.7 Å². The van der Waals surface area contributed by atoms with Crippen LogP contribution in [-0.4, -0.2) is 159 Å². The van der Waals surface area contributed by atoms with E-state index >= 15 is 0 Å². The van der Waals surface area contributed by atoms with E-state index in [1.54, 1.807) is 0 Å². The summed E-state index contributed by atoms with van der Waals surface area (Å²) in [4.78, 5) is 93.5. The van der Waals surface area contributed by atoms with E-state index in [9.17, 15) is 38.7 Å². The fourth-order valence-electron chi connectivity index (χ4n) is 17.6. The van der Waals surface area contributed by atoms with Gasteiger partial charge in [-0.2, -0.15) is 9.14 Å². The maximum absolute atomic E-state index is 11.2. The number of carboxylic acid groups (broad SMARTS) is 3. The van der Waals surface area contributed by atoms with E-state index in [4.69, 9.17) is 48.4 Å². The van der Waals surface area contributed by atoms with Crippen LogP contribution in [0.2, 0.25) is 0 Å². The van der Waals surface area contributed by atoms with Crippen molar-refractivity contribution < 1.29 is 91.1 Å². The number of unbranched alkanes of at least 4 members (excludes halogenated alkanes) is 8. The number of allylic oxidation sites excluding steroid dienone is 11. The molecule has 14 rings (SSSR count). The second-order valence-corrected chi connectivity index (χ2v) is 36.4. The number of nitrogens with zero attached hydrogens (tertiary/aromatic N) is 9. The minimum atomic E-state index is -0.742. The Bertz CT molecular complexity index is 5150. The highest BCUT2D eigenvalue weighted by molar-refractivity contribution is 6.33. The zero-order chi connectivity index (χ0) is 86.4. The fourth-order valence-corrected chi connectivity index (χ4v) is 18.1. The number of carboxylic acids is 3. The van der Waals surface area contributed by atoms with Gasteiger partial charge in [-0.05, 0) is 186 Å². The molecule has 24 heteroatoms. The number of imide groups is 2. The van der Waals surface area contributed by atoms with Gasteiger partial charge in [-0.15, -0.1) is 0 Å². The van der Waals surface area contributed by atoms with Crippen molar-refractivity contribution in [3.05, 3.63) is 218 Å². The number of rotatable bonds is 28. The average Bonchev–Trinajstić information content (AvgIpc) is 1.57. The minimum Gasteiger partial charge on any atom is -1.00 e. The van der Waals surface area contributed by atoms with Crippen LogP contribution in [0.15, 0.2) is 210 Å². The van der Waals surface area contributed by atoms with E-state index in [0.717, 1.165) is 162 Å². The number of likely N-dealkylation sites (N-methyl/N-ethyl adjacent to an activating group) is 2. The average molecular weight is 1800 g/mol. The van der Waals surface area contributed by atoms with Crippen LogP contribution in [-0.2, 0) is 57.5 Å². The lowest BCUT2D eigenvalue weighted by molar-refractivity contribution is -0.881. The molecule has 0 saturated carbocycles. The maximum Gasteiger partial charge on any atom is 0.327 e. The summed E-state index contributed by atoms with van der Waals surface area (Å²) in [6.07, 6.45) is 45.7. The molecular formula is C97H121Cl2IN11O10+3. The van der Waals surface area contributed by atoms with Gasteiger partial charge in [0.1, 0.15) is 32.0 Å². The van der Waals surface area contributed by atoms with Crippen molar-refractivity contribution in [2.45, 2.75) is 214 Å². The molecule has 0 spiro atoms. The number of hydrogen-bond acceptors (Lipinski definition) is 12. The zero-order valence-electron chi connectivity index (χ0n) is 72.5. The lowest BCUT2D eigenvalue weighted by Crippen LogP contribution is -3.00. The molecule has 2 saturated heterocycles. The van der Waals surface area contributed by atoms with Crippen LogP contribution in [0.1, 0.15) is 212 Å². The number of aliphatic carboxylic acids is 3. The maximum atomic E-state index is 11.2. The van der Waals surface area contributed by atoms with Crippen LogP contribution < -0.4 is 43.7 Å². The van der Waals surface area contributed by atoms with Crippen molar-refractivity contribution >= 4 is 116 Å². The number of quaternary nitrogens is 1. The number of halogens is 3. The molecule has 10 aliphatic rings. The Labute approximate surface area is 740 Å². The first kappa shape index (κ1) is 93.8. The molecule has 2 aromatic carbocycles. The predicted molar refractivity (Wildman–Crippen MR) is 477 cm³/mol. The van der Waals surface area contributed by atoms with Crippen molar-refractivity contribution in [3.8, 4) is 0 Å². The number of amidine groups is 1. The molecule has 1 atom stereocenters. The highest BCUT2D eigenvalue weighted by Crippen LogP contribution is 2.52. The monoisotopic (exact) mass is 1800 g/mol. The number of benzene rings is 2. The predicted octanol–water partition coefficient (Wildman–Crippen LogP) is 14.1. The van der Waals surface area contributed by atoms with Gasteiger partial charge in [-0.3, -0.25) is 54.1 Å². The summed E-state index contributed by atoms with van der Waals surface area (Å²) in [6, 6.07) is 21.9. The molecule has 0 radical (unpaired) electrons. The SMILES string of the molecule is CC1(C)C2=CC=CN(CCCCCC(=O)O)C2=N/C1=C/C=C1\C[N+](C)(C)CC(/C=C/C2=Nc3c(ccc[n+]3CCCCCC(=O)O)C2(C)C)=C1Cl.CCCCC[n+]1cccc2c3c(ccc21)C(C)(C)C(/C=C/C1=C(Cl)C(=C/C=C2/[N+](CCCCCC(=O)O)=C4C=Cc5ccccc5C4C2(C)C)/CN(C)C1)=N3.O=C1CCC(=O)N1.O=C1CCC(=O)N1.[I-]. The van der Waals surface area contributed by atoms with Crippen molar-refractivity contribution in [1.82, 2.24) is 20.4 Å². The Kier molecular flexibility index (Phi) is 31.9. The summed E-state index contributed by atoms with van der Waals surface area (Å²) in [5.74, 6) is -0.630. The number of carbonyl (C=O) groups is 7. The third-order valence-corrected chi connectivity index (χ3v) is 25.3. The van der Waals surface area contributed by atoms with Gasteiger partial charge in [-0.1, -0.05) is 113 Å². The summed E-state index contributed by atoms with van der Waals surface area (Å²) in [5.41, 5.74) is 17.6. The number of pyridine rings is 2. The summed E-state index contributed by atoms with van der Waals surface area (Å²) in [6.45, 7) is 27.0. The van der Waals surface area contributed by atoms with E-state index in [1.807, 2.05) is 0 Å². The van der Waals surface area contributed by atoms with Gasteiger partial charge < -0.3 is 48.7 Å². The molecule has 2 fully saturated rings. The van der Waals surface area contributed by atoms with Crippen LogP contribution in [0, 0.1) is 10.8 Å². The van der Waals surface area contributed by atoms with Crippen LogP contribution in [0.5, 0.6) is 0 Å². The Hall–Kier alpha value is -9.46. The zero-order valence-corrected chi connectivity index (χ0v) is 76.1. The van der Waals surface area contributed by atoms with Gasteiger partial charge in [-0.25, -0.2) is 9.56 Å².